The molecule has 2 heterocycles. The topological polar surface area (TPSA) is 42.4 Å². The molecule has 0 aliphatic carbocycles. The van der Waals surface area contributed by atoms with Crippen LogP contribution >= 0.6 is 0 Å². The molecule has 1 saturated heterocycles. The first-order valence-electron chi connectivity index (χ1n) is 5.83. The fraction of sp³-hybridized carbons (Fsp3) is 0.538. The Labute approximate surface area is 102 Å². The van der Waals surface area contributed by atoms with E-state index in [0.717, 1.165) is 18.8 Å². The third-order valence-electron chi connectivity index (χ3n) is 3.07. The van der Waals surface area contributed by atoms with E-state index in [9.17, 15) is 4.79 Å². The predicted molar refractivity (Wildman–Crippen MR) is 66.5 cm³/mol. The van der Waals surface area contributed by atoms with Crippen molar-refractivity contribution >= 4 is 11.5 Å². The van der Waals surface area contributed by atoms with Gasteiger partial charge in [-0.2, -0.15) is 0 Å². The van der Waals surface area contributed by atoms with Crippen LogP contribution in [-0.2, 0) is 4.74 Å². The van der Waals surface area contributed by atoms with E-state index in [-0.39, 0.29) is 11.3 Å². The Balaban J connectivity index is 2.24. The number of carbonyl (C=O) groups excluding carboxylic acids is 1. The summed E-state index contributed by atoms with van der Waals surface area (Å²) in [5, 5.41) is 0. The molecule has 0 atom stereocenters. The van der Waals surface area contributed by atoms with Crippen molar-refractivity contribution in [1.82, 2.24) is 4.98 Å². The van der Waals surface area contributed by atoms with E-state index in [2.05, 4.69) is 23.7 Å². The fourth-order valence-electron chi connectivity index (χ4n) is 2.09. The number of anilines is 1. The number of carbonyl (C=O) groups is 1. The van der Waals surface area contributed by atoms with Gasteiger partial charge in [0.05, 0.1) is 30.6 Å². The second kappa shape index (κ2) is 4.45. The van der Waals surface area contributed by atoms with Gasteiger partial charge < -0.3 is 9.64 Å². The van der Waals surface area contributed by atoms with Crippen molar-refractivity contribution < 1.29 is 9.53 Å². The van der Waals surface area contributed by atoms with E-state index in [1.807, 2.05) is 6.07 Å². The van der Waals surface area contributed by atoms with Crippen LogP contribution < -0.4 is 4.90 Å². The summed E-state index contributed by atoms with van der Waals surface area (Å²) in [7, 11) is 0. The van der Waals surface area contributed by atoms with E-state index in [1.54, 1.807) is 12.3 Å². The molecule has 92 valence electrons. The number of pyridine rings is 1. The molecule has 4 nitrogen and oxygen atoms in total. The third kappa shape index (κ3) is 2.47. The van der Waals surface area contributed by atoms with Crippen LogP contribution in [0.25, 0.3) is 0 Å². The summed E-state index contributed by atoms with van der Waals surface area (Å²) in [6, 6.07) is 3.74. The quantitative estimate of drug-likeness (QED) is 0.733. The molecule has 0 spiro atoms. The molecule has 0 amide bonds. The van der Waals surface area contributed by atoms with Gasteiger partial charge in [0.15, 0.2) is 5.78 Å². The van der Waals surface area contributed by atoms with Gasteiger partial charge in [0.1, 0.15) is 5.69 Å². The summed E-state index contributed by atoms with van der Waals surface area (Å²) in [5.74, 6) is -0.00205. The van der Waals surface area contributed by atoms with Gasteiger partial charge in [0, 0.05) is 13.5 Å². The van der Waals surface area contributed by atoms with Crippen LogP contribution in [0.5, 0.6) is 0 Å². The summed E-state index contributed by atoms with van der Waals surface area (Å²) >= 11 is 0. The molecule has 17 heavy (non-hydrogen) atoms. The average Bonchev–Trinajstić information content (AvgIpc) is 2.28. The van der Waals surface area contributed by atoms with E-state index < -0.39 is 0 Å². The molecule has 0 bridgehead atoms. The Hall–Kier alpha value is -1.42. The van der Waals surface area contributed by atoms with Crippen LogP contribution in [0.15, 0.2) is 18.3 Å². The molecule has 1 aromatic heterocycles. The van der Waals surface area contributed by atoms with Crippen LogP contribution in [0.4, 0.5) is 5.69 Å². The number of hydrogen-bond donors (Lipinski definition) is 0. The number of ketones is 1. The van der Waals surface area contributed by atoms with Crippen LogP contribution in [-0.4, -0.2) is 36.1 Å². The second-order valence-electron chi connectivity index (χ2n) is 4.97. The van der Waals surface area contributed by atoms with Crippen LogP contribution in [0.1, 0.15) is 31.3 Å². The predicted octanol–water partition coefficient (Wildman–Crippen LogP) is 1.90. The molecule has 2 rings (SSSR count). The molecule has 1 aliphatic rings. The number of ether oxygens (including phenoxy) is 1. The first-order valence-corrected chi connectivity index (χ1v) is 5.83. The highest BCUT2D eigenvalue weighted by molar-refractivity contribution is 5.92. The van der Waals surface area contributed by atoms with Crippen LogP contribution in [0, 0.1) is 0 Å². The van der Waals surface area contributed by atoms with Gasteiger partial charge in [0.2, 0.25) is 0 Å². The van der Waals surface area contributed by atoms with Crippen molar-refractivity contribution in [2.75, 3.05) is 24.7 Å². The lowest BCUT2D eigenvalue weighted by Gasteiger charge is -2.43. The standard InChI is InChI=1S/C13H18N2O2/c1-10(16)12-5-4-11(8-14-12)15-6-7-17-9-13(15,2)3/h4-5,8H,6-7,9H2,1-3H3. The monoisotopic (exact) mass is 234 g/mol. The smallest absolute Gasteiger partial charge is 0.178 e. The van der Waals surface area contributed by atoms with Crippen molar-refractivity contribution in [1.29, 1.82) is 0 Å². The lowest BCUT2D eigenvalue weighted by atomic mass is 10.0. The Morgan fingerprint density at radius 3 is 2.76 bits per heavy atom. The molecule has 1 aliphatic heterocycles. The number of aromatic nitrogens is 1. The maximum Gasteiger partial charge on any atom is 0.178 e. The average molecular weight is 234 g/mol. The van der Waals surface area contributed by atoms with Gasteiger partial charge in [-0.3, -0.25) is 9.78 Å². The minimum Gasteiger partial charge on any atom is -0.377 e. The zero-order valence-corrected chi connectivity index (χ0v) is 10.6. The molecule has 4 heteroatoms. The molecule has 0 unspecified atom stereocenters. The highest BCUT2D eigenvalue weighted by Gasteiger charge is 2.30. The van der Waals surface area contributed by atoms with Crippen molar-refractivity contribution in [3.63, 3.8) is 0 Å². The van der Waals surface area contributed by atoms with Gasteiger partial charge in [-0.1, -0.05) is 0 Å². The normalized spacial score (nSPS) is 19.1. The lowest BCUT2D eigenvalue weighted by Crippen LogP contribution is -2.53. The Morgan fingerprint density at radius 2 is 2.24 bits per heavy atom. The molecule has 0 N–H and O–H groups in total. The maximum absolute atomic E-state index is 11.2. The zero-order chi connectivity index (χ0) is 12.5. The summed E-state index contributed by atoms with van der Waals surface area (Å²) in [6.07, 6.45) is 1.77. The van der Waals surface area contributed by atoms with Crippen LogP contribution in [0.2, 0.25) is 0 Å². The summed E-state index contributed by atoms with van der Waals surface area (Å²) < 4.78 is 5.48. The van der Waals surface area contributed by atoms with E-state index in [4.69, 9.17) is 4.74 Å². The molecular formula is C13H18N2O2. The molecular weight excluding hydrogens is 216 g/mol. The van der Waals surface area contributed by atoms with Crippen molar-refractivity contribution in [3.05, 3.63) is 24.0 Å². The molecule has 0 radical (unpaired) electrons. The summed E-state index contributed by atoms with van der Waals surface area (Å²) in [6.45, 7) is 8.12. The fourth-order valence-corrected chi connectivity index (χ4v) is 2.09. The van der Waals surface area contributed by atoms with Crippen LogP contribution in [0.3, 0.4) is 0 Å². The zero-order valence-electron chi connectivity index (χ0n) is 10.6. The Bertz CT molecular complexity index is 412. The van der Waals surface area contributed by atoms with Gasteiger partial charge in [-0.05, 0) is 26.0 Å². The SMILES string of the molecule is CC(=O)c1ccc(N2CCOCC2(C)C)cn1. The lowest BCUT2D eigenvalue weighted by molar-refractivity contribution is 0.0643. The van der Waals surface area contributed by atoms with E-state index in [1.165, 1.54) is 6.92 Å². The number of Topliss-reactive ketones (excluding diaryl/α,β-unsaturated/α-hetero) is 1. The van der Waals surface area contributed by atoms with Gasteiger partial charge in [-0.25, -0.2) is 0 Å². The number of morpholine rings is 1. The van der Waals surface area contributed by atoms with E-state index >= 15 is 0 Å². The second-order valence-corrected chi connectivity index (χ2v) is 4.97. The van der Waals surface area contributed by atoms with Gasteiger partial charge in [-0.15, -0.1) is 0 Å². The van der Waals surface area contributed by atoms with Gasteiger partial charge >= 0.3 is 0 Å². The minimum atomic E-state index is -0.0301. The number of nitrogens with zero attached hydrogens (tertiary/aromatic N) is 2. The molecule has 1 aromatic rings. The largest absolute Gasteiger partial charge is 0.377 e. The van der Waals surface area contributed by atoms with E-state index in [0.29, 0.717) is 12.3 Å². The Morgan fingerprint density at radius 1 is 1.47 bits per heavy atom. The van der Waals surface area contributed by atoms with Crippen molar-refractivity contribution in [2.45, 2.75) is 26.3 Å². The van der Waals surface area contributed by atoms with Crippen molar-refractivity contribution in [3.8, 4) is 0 Å². The number of rotatable bonds is 2. The Kier molecular flexibility index (Phi) is 3.15. The van der Waals surface area contributed by atoms with Crippen molar-refractivity contribution in [2.24, 2.45) is 0 Å². The highest BCUT2D eigenvalue weighted by atomic mass is 16.5. The third-order valence-corrected chi connectivity index (χ3v) is 3.07. The molecule has 0 aromatic carbocycles. The molecule has 1 fully saturated rings. The maximum atomic E-state index is 11.2. The molecule has 0 saturated carbocycles. The highest BCUT2D eigenvalue weighted by Crippen LogP contribution is 2.26. The first kappa shape index (κ1) is 12.0. The first-order chi connectivity index (χ1) is 8.00. The summed E-state index contributed by atoms with van der Waals surface area (Å²) in [5.41, 5.74) is 1.53. The minimum absolute atomic E-state index is 0.00205. The van der Waals surface area contributed by atoms with Gasteiger partial charge in [0.25, 0.3) is 0 Å². The number of hydrogen-bond acceptors (Lipinski definition) is 4. The summed E-state index contributed by atoms with van der Waals surface area (Å²) in [4.78, 5) is 17.6.